The Morgan fingerprint density at radius 2 is 2.03 bits per heavy atom. The molecule has 1 aromatic carbocycles. The molecule has 172 valence electrons. The molecule has 0 spiro atoms. The third kappa shape index (κ3) is 5.65. The van der Waals surface area contributed by atoms with Crippen molar-refractivity contribution in [2.75, 3.05) is 6.61 Å². The van der Waals surface area contributed by atoms with E-state index in [1.165, 1.54) is 6.92 Å². The maximum Gasteiger partial charge on any atom is 0.200 e. The molecular formula is C21H30N8O3. The van der Waals surface area contributed by atoms with Gasteiger partial charge in [-0.2, -0.15) is 10.0 Å². The molecule has 2 N–H and O–H groups in total. The second-order valence-corrected chi connectivity index (χ2v) is 7.65. The van der Waals surface area contributed by atoms with Crippen LogP contribution in [0.25, 0.3) is 0 Å². The number of H-pyrrole nitrogens is 1. The summed E-state index contributed by atoms with van der Waals surface area (Å²) in [6.45, 7) is 6.03. The Morgan fingerprint density at radius 1 is 1.19 bits per heavy atom. The zero-order chi connectivity index (χ0) is 22.9. The number of benzene rings is 1. The number of phenolic OH excluding ortho intramolecular Hbond substituents is 1. The average molecular weight is 443 g/mol. The number of nitrogens with one attached hydrogen (secondary N) is 1. The Labute approximate surface area is 186 Å². The zero-order valence-corrected chi connectivity index (χ0v) is 18.8. The number of hydrogen-bond donors (Lipinski definition) is 2. The average Bonchev–Trinajstić information content (AvgIpc) is 3.46. The number of ether oxygens (including phenoxy) is 1. The molecule has 0 bridgehead atoms. The molecule has 3 rings (SSSR count). The van der Waals surface area contributed by atoms with Gasteiger partial charge in [0, 0.05) is 12.0 Å². The first kappa shape index (κ1) is 23.3. The summed E-state index contributed by atoms with van der Waals surface area (Å²) in [6.07, 6.45) is 5.50. The maximum atomic E-state index is 11.7. The standard InChI is InChI=1S/C21H30N8O3/c1-4-8-16-18(12-11-15(14(3)30)20(16)31)32-13-7-6-10-19-22-28-29(25-19)17(9-5-2)21-23-26-27-24-21/h11-12,17,31H,4-10,13H2,1-3H3,(H,23,24,26,27). The summed E-state index contributed by atoms with van der Waals surface area (Å²) in [6, 6.07) is 3.19. The number of carbonyl (C=O) groups excluding carboxylic acids is 1. The van der Waals surface area contributed by atoms with Crippen molar-refractivity contribution >= 4 is 5.78 Å². The molecule has 3 aromatic rings. The summed E-state index contributed by atoms with van der Waals surface area (Å²) in [4.78, 5) is 13.2. The topological polar surface area (TPSA) is 145 Å². The fourth-order valence-corrected chi connectivity index (χ4v) is 3.52. The Kier molecular flexibility index (Phi) is 8.23. The number of rotatable bonds is 13. The highest BCUT2D eigenvalue weighted by Gasteiger charge is 2.21. The van der Waals surface area contributed by atoms with Crippen molar-refractivity contribution < 1.29 is 14.6 Å². The number of ketones is 1. The van der Waals surface area contributed by atoms with Gasteiger partial charge in [-0.25, -0.2) is 0 Å². The molecule has 11 nitrogen and oxygen atoms in total. The van der Waals surface area contributed by atoms with Gasteiger partial charge in [-0.3, -0.25) is 4.79 Å². The van der Waals surface area contributed by atoms with Crippen LogP contribution in [0.1, 0.15) is 86.5 Å². The molecule has 0 radical (unpaired) electrons. The van der Waals surface area contributed by atoms with Gasteiger partial charge in [-0.1, -0.05) is 31.9 Å². The smallest absolute Gasteiger partial charge is 0.200 e. The number of tetrazole rings is 2. The summed E-state index contributed by atoms with van der Waals surface area (Å²) < 4.78 is 5.91. The molecule has 2 heterocycles. The lowest BCUT2D eigenvalue weighted by atomic mass is 10.0. The van der Waals surface area contributed by atoms with E-state index in [2.05, 4.69) is 43.0 Å². The van der Waals surface area contributed by atoms with Crippen molar-refractivity contribution in [1.29, 1.82) is 0 Å². The summed E-state index contributed by atoms with van der Waals surface area (Å²) in [7, 11) is 0. The van der Waals surface area contributed by atoms with E-state index in [1.807, 2.05) is 6.92 Å². The van der Waals surface area contributed by atoms with Crippen LogP contribution < -0.4 is 4.74 Å². The van der Waals surface area contributed by atoms with Crippen LogP contribution in [0.2, 0.25) is 0 Å². The number of hydrogen-bond acceptors (Lipinski definition) is 9. The highest BCUT2D eigenvalue weighted by Crippen LogP contribution is 2.33. The molecule has 0 amide bonds. The van der Waals surface area contributed by atoms with Crippen molar-refractivity contribution in [3.8, 4) is 11.5 Å². The fraction of sp³-hybridized carbons (Fsp3) is 0.571. The summed E-state index contributed by atoms with van der Waals surface area (Å²) >= 11 is 0. The number of unbranched alkanes of at least 4 members (excludes halogenated alkanes) is 1. The molecule has 0 aliphatic rings. The Morgan fingerprint density at radius 3 is 2.72 bits per heavy atom. The minimum absolute atomic E-state index is 0.0286. The number of nitrogens with zero attached hydrogens (tertiary/aromatic N) is 7. The van der Waals surface area contributed by atoms with Crippen molar-refractivity contribution in [3.63, 3.8) is 0 Å². The molecular weight excluding hydrogens is 412 g/mol. The SMILES string of the molecule is CCCc1c(OCCCCc2nnn(C(CCC)c3nn[nH]n3)n2)ccc(C(C)=O)c1O. The predicted molar refractivity (Wildman–Crippen MR) is 116 cm³/mol. The molecule has 0 aliphatic heterocycles. The maximum absolute atomic E-state index is 11.7. The van der Waals surface area contributed by atoms with E-state index >= 15 is 0 Å². The predicted octanol–water partition coefficient (Wildman–Crippen LogP) is 2.84. The second-order valence-electron chi connectivity index (χ2n) is 7.65. The van der Waals surface area contributed by atoms with Gasteiger partial charge >= 0.3 is 0 Å². The third-order valence-electron chi connectivity index (χ3n) is 5.14. The highest BCUT2D eigenvalue weighted by atomic mass is 16.5. The number of aromatic nitrogens is 8. The number of aryl methyl sites for hydroxylation is 1. The van der Waals surface area contributed by atoms with Gasteiger partial charge in [0.2, 0.25) is 5.82 Å². The molecule has 1 unspecified atom stereocenters. The van der Waals surface area contributed by atoms with Crippen LogP contribution in [0.4, 0.5) is 0 Å². The molecule has 0 saturated carbocycles. The Hall–Kier alpha value is -3.37. The molecule has 0 aliphatic carbocycles. The summed E-state index contributed by atoms with van der Waals surface area (Å²) in [5, 5.41) is 37.4. The van der Waals surface area contributed by atoms with Crippen molar-refractivity contribution in [2.45, 2.75) is 71.8 Å². The fourth-order valence-electron chi connectivity index (χ4n) is 3.52. The second kappa shape index (κ2) is 11.3. The first-order valence-electron chi connectivity index (χ1n) is 11.0. The Balaban J connectivity index is 1.52. The lowest BCUT2D eigenvalue weighted by Crippen LogP contribution is -2.16. The van der Waals surface area contributed by atoms with Crippen LogP contribution in [0, 0.1) is 0 Å². The van der Waals surface area contributed by atoms with Crippen molar-refractivity contribution in [2.24, 2.45) is 0 Å². The van der Waals surface area contributed by atoms with E-state index in [4.69, 9.17) is 4.74 Å². The van der Waals surface area contributed by atoms with Crippen LogP contribution >= 0.6 is 0 Å². The van der Waals surface area contributed by atoms with Crippen LogP contribution in [0.15, 0.2) is 12.1 Å². The van der Waals surface area contributed by atoms with E-state index in [9.17, 15) is 9.90 Å². The van der Waals surface area contributed by atoms with Gasteiger partial charge in [0.05, 0.1) is 12.2 Å². The number of Topliss-reactive ketones (excluding diaryl/α,β-unsaturated/α-hetero) is 1. The Bertz CT molecular complexity index is 1000. The molecule has 1 atom stereocenters. The third-order valence-corrected chi connectivity index (χ3v) is 5.14. The van der Waals surface area contributed by atoms with Gasteiger partial charge in [0.15, 0.2) is 11.6 Å². The molecule has 0 fully saturated rings. The van der Waals surface area contributed by atoms with Crippen molar-refractivity contribution in [1.82, 2.24) is 40.8 Å². The van der Waals surface area contributed by atoms with E-state index < -0.39 is 0 Å². The van der Waals surface area contributed by atoms with Crippen LogP contribution in [0.3, 0.4) is 0 Å². The van der Waals surface area contributed by atoms with E-state index in [0.29, 0.717) is 48.0 Å². The largest absolute Gasteiger partial charge is 0.507 e. The zero-order valence-electron chi connectivity index (χ0n) is 18.8. The first-order valence-corrected chi connectivity index (χ1v) is 11.0. The lowest BCUT2D eigenvalue weighted by Gasteiger charge is -2.14. The monoisotopic (exact) mass is 442 g/mol. The van der Waals surface area contributed by atoms with Crippen LogP contribution in [-0.4, -0.2) is 58.3 Å². The molecule has 0 saturated heterocycles. The van der Waals surface area contributed by atoms with Gasteiger partial charge in [-0.05, 0) is 50.0 Å². The summed E-state index contributed by atoms with van der Waals surface area (Å²) in [5.41, 5.74) is 1.02. The quantitative estimate of drug-likeness (QED) is 0.301. The van der Waals surface area contributed by atoms with Crippen molar-refractivity contribution in [3.05, 3.63) is 34.9 Å². The molecule has 32 heavy (non-hydrogen) atoms. The minimum atomic E-state index is -0.189. The number of aromatic hydroxyl groups is 1. The normalized spacial score (nSPS) is 12.1. The van der Waals surface area contributed by atoms with Crippen LogP contribution in [-0.2, 0) is 12.8 Å². The highest BCUT2D eigenvalue weighted by molar-refractivity contribution is 5.97. The molecule has 2 aromatic heterocycles. The van der Waals surface area contributed by atoms with Crippen LogP contribution in [0.5, 0.6) is 11.5 Å². The summed E-state index contributed by atoms with van der Waals surface area (Å²) in [5.74, 6) is 1.70. The van der Waals surface area contributed by atoms with Gasteiger partial charge in [0.1, 0.15) is 17.5 Å². The van der Waals surface area contributed by atoms with Gasteiger partial charge in [-0.15, -0.1) is 20.4 Å². The first-order chi connectivity index (χ1) is 15.5. The molecule has 11 heteroatoms. The van der Waals surface area contributed by atoms with Gasteiger partial charge in [0.25, 0.3) is 0 Å². The number of phenols is 1. The number of aromatic amines is 1. The minimum Gasteiger partial charge on any atom is -0.507 e. The lowest BCUT2D eigenvalue weighted by molar-refractivity contribution is 0.101. The van der Waals surface area contributed by atoms with E-state index in [1.54, 1.807) is 16.9 Å². The van der Waals surface area contributed by atoms with E-state index in [0.717, 1.165) is 32.1 Å². The van der Waals surface area contributed by atoms with E-state index in [-0.39, 0.29) is 17.6 Å². The number of carbonyl (C=O) groups is 1. The van der Waals surface area contributed by atoms with Gasteiger partial charge < -0.3 is 9.84 Å².